The third-order valence-corrected chi connectivity index (χ3v) is 5.33. The van der Waals surface area contributed by atoms with Gasteiger partial charge in [-0.1, -0.05) is 42.5 Å². The van der Waals surface area contributed by atoms with Gasteiger partial charge in [-0.2, -0.15) is 0 Å². The van der Waals surface area contributed by atoms with Gasteiger partial charge in [0.1, 0.15) is 11.5 Å². The number of benzene rings is 3. The summed E-state index contributed by atoms with van der Waals surface area (Å²) in [5.41, 5.74) is 6.20. The predicted molar refractivity (Wildman–Crippen MR) is 128 cm³/mol. The van der Waals surface area contributed by atoms with Crippen LogP contribution >= 0.6 is 9.24 Å². The summed E-state index contributed by atoms with van der Waals surface area (Å²) in [5, 5.41) is 1.15. The van der Waals surface area contributed by atoms with Gasteiger partial charge in [0.2, 0.25) is 0 Å². The van der Waals surface area contributed by atoms with Crippen LogP contribution in [0.1, 0.15) is 6.92 Å². The number of pyridine rings is 1. The summed E-state index contributed by atoms with van der Waals surface area (Å²) >= 11 is 0. The Hall–Kier alpha value is -3.16. The summed E-state index contributed by atoms with van der Waals surface area (Å²) in [6.45, 7) is 2.64. The van der Waals surface area contributed by atoms with Crippen LogP contribution in [0.25, 0.3) is 33.6 Å². The van der Waals surface area contributed by atoms with Crippen LogP contribution in [0.15, 0.2) is 84.9 Å². The maximum absolute atomic E-state index is 5.61. The Balaban J connectivity index is 1.83. The van der Waals surface area contributed by atoms with Gasteiger partial charge < -0.3 is 9.47 Å². The highest BCUT2D eigenvalue weighted by Gasteiger charge is 2.12. The van der Waals surface area contributed by atoms with Gasteiger partial charge in [0.25, 0.3) is 0 Å². The van der Waals surface area contributed by atoms with Crippen molar-refractivity contribution in [2.75, 3.05) is 13.7 Å². The second-order valence-electron chi connectivity index (χ2n) is 6.90. The first-order valence-electron chi connectivity index (χ1n) is 9.92. The van der Waals surface area contributed by atoms with Gasteiger partial charge in [0.05, 0.1) is 25.1 Å². The molecule has 3 aromatic carbocycles. The van der Waals surface area contributed by atoms with Gasteiger partial charge in [0.15, 0.2) is 0 Å². The summed E-state index contributed by atoms with van der Waals surface area (Å²) in [4.78, 5) is 5.06. The van der Waals surface area contributed by atoms with Crippen LogP contribution in [0.3, 0.4) is 0 Å². The van der Waals surface area contributed by atoms with E-state index >= 15 is 0 Å². The second kappa shape index (κ2) is 9.11. The van der Waals surface area contributed by atoms with Crippen molar-refractivity contribution in [1.82, 2.24) is 4.98 Å². The van der Waals surface area contributed by atoms with E-state index in [4.69, 9.17) is 14.5 Å². The zero-order valence-electron chi connectivity index (χ0n) is 17.1. The van der Waals surface area contributed by atoms with E-state index in [0.717, 1.165) is 50.4 Å². The summed E-state index contributed by atoms with van der Waals surface area (Å²) in [6.07, 6.45) is 0. The second-order valence-corrected chi connectivity index (χ2v) is 7.57. The number of rotatable bonds is 6. The molecule has 0 aliphatic rings. The standard InChI is InChI=1S/C26H24NO2P/c1-3-29-22-12-6-20(7-13-22)26-24(18-4-10-21(28-2)11-5-18)16-17-25(27-26)19-8-14-23(30)15-9-19/h4-17H,3,30H2,1-2H3. The van der Waals surface area contributed by atoms with Gasteiger partial charge in [0, 0.05) is 16.7 Å². The molecule has 0 aliphatic heterocycles. The van der Waals surface area contributed by atoms with Gasteiger partial charge in [-0.25, -0.2) is 4.98 Å². The minimum absolute atomic E-state index is 0.649. The number of aromatic nitrogens is 1. The first kappa shape index (κ1) is 20.1. The van der Waals surface area contributed by atoms with Crippen LogP contribution in [0.5, 0.6) is 11.5 Å². The molecule has 0 bridgehead atoms. The molecule has 0 saturated heterocycles. The van der Waals surface area contributed by atoms with Crippen LogP contribution in [-0.2, 0) is 0 Å². The monoisotopic (exact) mass is 413 g/mol. The highest BCUT2D eigenvalue weighted by molar-refractivity contribution is 7.27. The highest BCUT2D eigenvalue weighted by Crippen LogP contribution is 2.34. The Morgan fingerprint density at radius 2 is 1.30 bits per heavy atom. The molecule has 3 nitrogen and oxygen atoms in total. The Morgan fingerprint density at radius 3 is 1.93 bits per heavy atom. The molecule has 0 saturated carbocycles. The minimum Gasteiger partial charge on any atom is -0.497 e. The van der Waals surface area contributed by atoms with Crippen molar-refractivity contribution in [2.45, 2.75) is 6.92 Å². The summed E-state index contributed by atoms with van der Waals surface area (Å²) < 4.78 is 10.9. The molecule has 0 amide bonds. The molecule has 150 valence electrons. The molecule has 1 atom stereocenters. The number of hydrogen-bond acceptors (Lipinski definition) is 3. The molecule has 1 aromatic heterocycles. The number of nitrogens with zero attached hydrogens (tertiary/aromatic N) is 1. The maximum atomic E-state index is 5.61. The van der Waals surface area contributed by atoms with E-state index in [1.807, 2.05) is 31.2 Å². The van der Waals surface area contributed by atoms with Crippen molar-refractivity contribution < 1.29 is 9.47 Å². The predicted octanol–water partition coefficient (Wildman–Crippen LogP) is 5.99. The highest BCUT2D eigenvalue weighted by atomic mass is 31.0. The Bertz CT molecular complexity index is 1120. The topological polar surface area (TPSA) is 31.4 Å². The molecule has 4 aromatic rings. The molecule has 4 rings (SSSR count). The summed E-state index contributed by atoms with van der Waals surface area (Å²) in [7, 11) is 4.40. The van der Waals surface area contributed by atoms with Crippen LogP contribution in [0.2, 0.25) is 0 Å². The fourth-order valence-electron chi connectivity index (χ4n) is 3.37. The maximum Gasteiger partial charge on any atom is 0.119 e. The zero-order chi connectivity index (χ0) is 20.9. The van der Waals surface area contributed by atoms with Crippen LogP contribution in [0.4, 0.5) is 0 Å². The van der Waals surface area contributed by atoms with Crippen LogP contribution < -0.4 is 14.8 Å². The summed E-state index contributed by atoms with van der Waals surface area (Å²) in [5.74, 6) is 1.70. The van der Waals surface area contributed by atoms with E-state index in [0.29, 0.717) is 6.61 Å². The SMILES string of the molecule is CCOc1ccc(-c2nc(-c3ccc(P)cc3)ccc2-c2ccc(OC)cc2)cc1. The van der Waals surface area contributed by atoms with Crippen molar-refractivity contribution in [3.05, 3.63) is 84.9 Å². The molecular formula is C26H24NO2P. The number of methoxy groups -OCH3 is 1. The molecule has 1 unspecified atom stereocenters. The molecule has 0 fully saturated rings. The van der Waals surface area contributed by atoms with Crippen molar-refractivity contribution in [1.29, 1.82) is 0 Å². The lowest BCUT2D eigenvalue weighted by molar-refractivity contribution is 0.340. The van der Waals surface area contributed by atoms with Crippen molar-refractivity contribution >= 4 is 14.5 Å². The van der Waals surface area contributed by atoms with Crippen LogP contribution in [0, 0.1) is 0 Å². The first-order valence-corrected chi connectivity index (χ1v) is 10.5. The third kappa shape index (κ3) is 4.37. The molecule has 30 heavy (non-hydrogen) atoms. The summed E-state index contributed by atoms with van der Waals surface area (Å²) in [6, 6.07) is 28.8. The largest absolute Gasteiger partial charge is 0.497 e. The van der Waals surface area contributed by atoms with E-state index in [-0.39, 0.29) is 0 Å². The van der Waals surface area contributed by atoms with E-state index < -0.39 is 0 Å². The molecule has 1 heterocycles. The van der Waals surface area contributed by atoms with Crippen molar-refractivity contribution in [2.24, 2.45) is 0 Å². The smallest absolute Gasteiger partial charge is 0.119 e. The quantitative estimate of drug-likeness (QED) is 0.364. The number of ether oxygens (including phenoxy) is 2. The molecule has 0 spiro atoms. The lowest BCUT2D eigenvalue weighted by Gasteiger charge is -2.13. The van der Waals surface area contributed by atoms with E-state index in [1.54, 1.807) is 7.11 Å². The minimum atomic E-state index is 0.649. The fraction of sp³-hybridized carbons (Fsp3) is 0.115. The van der Waals surface area contributed by atoms with Gasteiger partial charge >= 0.3 is 0 Å². The molecular weight excluding hydrogens is 389 g/mol. The zero-order valence-corrected chi connectivity index (χ0v) is 18.3. The van der Waals surface area contributed by atoms with Crippen molar-refractivity contribution in [3.63, 3.8) is 0 Å². The Morgan fingerprint density at radius 1 is 0.700 bits per heavy atom. The Kier molecular flexibility index (Phi) is 6.11. The normalized spacial score (nSPS) is 10.6. The van der Waals surface area contributed by atoms with E-state index in [2.05, 4.69) is 69.9 Å². The average Bonchev–Trinajstić information content (AvgIpc) is 2.80. The average molecular weight is 413 g/mol. The molecule has 0 aliphatic carbocycles. The van der Waals surface area contributed by atoms with Gasteiger partial charge in [-0.3, -0.25) is 0 Å². The lowest BCUT2D eigenvalue weighted by atomic mass is 9.97. The fourth-order valence-corrected chi connectivity index (χ4v) is 3.57. The van der Waals surface area contributed by atoms with E-state index in [1.165, 1.54) is 0 Å². The van der Waals surface area contributed by atoms with Gasteiger partial charge in [-0.15, -0.1) is 9.24 Å². The van der Waals surface area contributed by atoms with Crippen molar-refractivity contribution in [3.8, 4) is 45.1 Å². The lowest BCUT2D eigenvalue weighted by Crippen LogP contribution is -1.95. The number of hydrogen-bond donors (Lipinski definition) is 0. The third-order valence-electron chi connectivity index (χ3n) is 4.94. The Labute approximate surface area is 179 Å². The van der Waals surface area contributed by atoms with E-state index in [9.17, 15) is 0 Å². The van der Waals surface area contributed by atoms with Gasteiger partial charge in [-0.05, 0) is 60.3 Å². The molecule has 0 N–H and O–H groups in total. The molecule has 4 heteroatoms. The van der Waals surface area contributed by atoms with Crippen LogP contribution in [-0.4, -0.2) is 18.7 Å². The first-order chi connectivity index (χ1) is 14.7. The molecule has 0 radical (unpaired) electrons.